The van der Waals surface area contributed by atoms with Gasteiger partial charge in [0.2, 0.25) is 5.95 Å². The molecule has 160 valence electrons. The first-order valence-electron chi connectivity index (χ1n) is 11.1. The van der Waals surface area contributed by atoms with E-state index in [1.54, 1.807) is 12.4 Å². The smallest absolute Gasteiger partial charge is 0.225 e. The molecule has 1 aromatic heterocycles. The van der Waals surface area contributed by atoms with Gasteiger partial charge in [-0.25, -0.2) is 9.97 Å². The van der Waals surface area contributed by atoms with Crippen LogP contribution in [0.25, 0.3) is 0 Å². The van der Waals surface area contributed by atoms with Crippen molar-refractivity contribution in [3.63, 3.8) is 0 Å². The Morgan fingerprint density at radius 1 is 0.900 bits per heavy atom. The Bertz CT molecular complexity index is 809. The topological polar surface area (TPSA) is 59.9 Å². The Kier molecular flexibility index (Phi) is 7.13. The molecule has 0 radical (unpaired) electrons. The molecule has 1 aromatic carbocycles. The van der Waals surface area contributed by atoms with Crippen LogP contribution in [0.2, 0.25) is 0 Å². The normalized spacial score (nSPS) is 18.5. The van der Waals surface area contributed by atoms with Crippen molar-refractivity contribution in [3.8, 4) is 0 Å². The summed E-state index contributed by atoms with van der Waals surface area (Å²) in [6.07, 6.45) is 7.63. The summed E-state index contributed by atoms with van der Waals surface area (Å²) in [6.45, 7) is 7.91. The highest BCUT2D eigenvalue weighted by Gasteiger charge is 2.21. The van der Waals surface area contributed by atoms with Gasteiger partial charge in [0, 0.05) is 58.7 Å². The van der Waals surface area contributed by atoms with Crippen LogP contribution in [0, 0.1) is 0 Å². The fourth-order valence-corrected chi connectivity index (χ4v) is 4.32. The molecule has 0 saturated carbocycles. The van der Waals surface area contributed by atoms with E-state index in [2.05, 4.69) is 59.2 Å². The number of nitrogens with zero attached hydrogens (tertiary/aromatic N) is 6. The van der Waals surface area contributed by atoms with Gasteiger partial charge >= 0.3 is 0 Å². The standard InChI is InChI=1S/C23H33N7/c1-24-22(29-14-16-30(17-15-29)23-25-10-7-11-26-23)27-18-20-8-3-4-9-21(20)19-28-12-5-2-6-13-28/h3-4,7-11H,2,5-6,12-19H2,1H3,(H,24,27). The summed E-state index contributed by atoms with van der Waals surface area (Å²) >= 11 is 0. The van der Waals surface area contributed by atoms with Crippen LogP contribution < -0.4 is 10.2 Å². The van der Waals surface area contributed by atoms with Crippen LogP contribution in [-0.4, -0.2) is 72.0 Å². The molecule has 3 heterocycles. The third kappa shape index (κ3) is 5.27. The maximum atomic E-state index is 4.54. The Labute approximate surface area is 179 Å². The number of aromatic nitrogens is 2. The molecule has 2 aromatic rings. The molecule has 4 rings (SSSR count). The van der Waals surface area contributed by atoms with Gasteiger partial charge in [-0.05, 0) is 43.1 Å². The highest BCUT2D eigenvalue weighted by atomic mass is 15.4. The van der Waals surface area contributed by atoms with E-state index in [0.717, 1.165) is 51.2 Å². The van der Waals surface area contributed by atoms with Gasteiger partial charge in [0.25, 0.3) is 0 Å². The van der Waals surface area contributed by atoms with Crippen molar-refractivity contribution in [1.29, 1.82) is 0 Å². The van der Waals surface area contributed by atoms with Gasteiger partial charge in [-0.15, -0.1) is 0 Å². The summed E-state index contributed by atoms with van der Waals surface area (Å²) in [6, 6.07) is 10.7. The molecule has 0 aliphatic carbocycles. The highest BCUT2D eigenvalue weighted by molar-refractivity contribution is 5.80. The van der Waals surface area contributed by atoms with E-state index < -0.39 is 0 Å². The largest absolute Gasteiger partial charge is 0.352 e. The van der Waals surface area contributed by atoms with Gasteiger partial charge < -0.3 is 15.1 Å². The number of likely N-dealkylation sites (tertiary alicyclic amines) is 1. The summed E-state index contributed by atoms with van der Waals surface area (Å²) in [5.41, 5.74) is 2.79. The lowest BCUT2D eigenvalue weighted by atomic mass is 10.0. The van der Waals surface area contributed by atoms with E-state index in [1.165, 1.54) is 43.5 Å². The predicted molar refractivity (Wildman–Crippen MR) is 122 cm³/mol. The first-order valence-corrected chi connectivity index (χ1v) is 11.1. The fraction of sp³-hybridized carbons (Fsp3) is 0.522. The minimum atomic E-state index is 0.804. The lowest BCUT2D eigenvalue weighted by Crippen LogP contribution is -2.52. The van der Waals surface area contributed by atoms with E-state index in [4.69, 9.17) is 0 Å². The average Bonchev–Trinajstić information content (AvgIpc) is 2.82. The first-order chi connectivity index (χ1) is 14.8. The quantitative estimate of drug-likeness (QED) is 0.607. The van der Waals surface area contributed by atoms with Crippen LogP contribution >= 0.6 is 0 Å². The Hall–Kier alpha value is -2.67. The van der Waals surface area contributed by atoms with Crippen molar-refractivity contribution in [2.45, 2.75) is 32.4 Å². The van der Waals surface area contributed by atoms with E-state index in [1.807, 2.05) is 13.1 Å². The van der Waals surface area contributed by atoms with Gasteiger partial charge in [-0.2, -0.15) is 0 Å². The summed E-state index contributed by atoms with van der Waals surface area (Å²) < 4.78 is 0. The monoisotopic (exact) mass is 407 g/mol. The third-order valence-corrected chi connectivity index (χ3v) is 6.02. The molecule has 7 heteroatoms. The zero-order valence-corrected chi connectivity index (χ0v) is 18.0. The molecule has 0 amide bonds. The predicted octanol–water partition coefficient (Wildman–Crippen LogP) is 2.36. The van der Waals surface area contributed by atoms with E-state index in [0.29, 0.717) is 0 Å². The molecule has 2 fully saturated rings. The summed E-state index contributed by atoms with van der Waals surface area (Å²) in [4.78, 5) is 20.4. The van der Waals surface area contributed by atoms with Crippen LogP contribution in [0.3, 0.4) is 0 Å². The Morgan fingerprint density at radius 2 is 1.60 bits per heavy atom. The summed E-state index contributed by atoms with van der Waals surface area (Å²) in [5.74, 6) is 1.78. The van der Waals surface area contributed by atoms with Crippen molar-refractivity contribution in [2.24, 2.45) is 4.99 Å². The summed E-state index contributed by atoms with van der Waals surface area (Å²) in [7, 11) is 1.87. The zero-order valence-electron chi connectivity index (χ0n) is 18.0. The first kappa shape index (κ1) is 20.6. The molecule has 2 aliphatic heterocycles. The van der Waals surface area contributed by atoms with Crippen LogP contribution in [0.4, 0.5) is 5.95 Å². The number of hydrogen-bond acceptors (Lipinski definition) is 5. The SMILES string of the molecule is CN=C(NCc1ccccc1CN1CCCCC1)N1CCN(c2ncccn2)CC1. The van der Waals surface area contributed by atoms with Crippen LogP contribution in [0.5, 0.6) is 0 Å². The number of anilines is 1. The van der Waals surface area contributed by atoms with Gasteiger partial charge in [-0.1, -0.05) is 30.7 Å². The molecule has 1 N–H and O–H groups in total. The molecule has 2 aliphatic rings. The van der Waals surface area contributed by atoms with Crippen molar-refractivity contribution in [1.82, 2.24) is 25.1 Å². The van der Waals surface area contributed by atoms with Crippen LogP contribution in [-0.2, 0) is 13.1 Å². The number of rotatable bonds is 5. The van der Waals surface area contributed by atoms with Crippen molar-refractivity contribution in [2.75, 3.05) is 51.2 Å². The van der Waals surface area contributed by atoms with Gasteiger partial charge in [0.1, 0.15) is 0 Å². The maximum absolute atomic E-state index is 4.54. The molecule has 2 saturated heterocycles. The highest BCUT2D eigenvalue weighted by Crippen LogP contribution is 2.16. The molecule has 0 bridgehead atoms. The molecule has 0 atom stereocenters. The second-order valence-electron chi connectivity index (χ2n) is 8.03. The number of hydrogen-bond donors (Lipinski definition) is 1. The lowest BCUT2D eigenvalue weighted by molar-refractivity contribution is 0.220. The number of guanidine groups is 1. The number of benzene rings is 1. The second kappa shape index (κ2) is 10.4. The van der Waals surface area contributed by atoms with Gasteiger partial charge in [-0.3, -0.25) is 9.89 Å². The number of aliphatic imine (C=N–C) groups is 1. The minimum absolute atomic E-state index is 0.804. The summed E-state index contributed by atoms with van der Waals surface area (Å²) in [5, 5.41) is 3.60. The van der Waals surface area contributed by atoms with Crippen LogP contribution in [0.1, 0.15) is 30.4 Å². The second-order valence-corrected chi connectivity index (χ2v) is 8.03. The van der Waals surface area contributed by atoms with Crippen molar-refractivity contribution in [3.05, 3.63) is 53.9 Å². The Morgan fingerprint density at radius 3 is 2.30 bits per heavy atom. The molecular weight excluding hydrogens is 374 g/mol. The number of nitrogens with one attached hydrogen (secondary N) is 1. The maximum Gasteiger partial charge on any atom is 0.225 e. The average molecular weight is 408 g/mol. The van der Waals surface area contributed by atoms with Crippen molar-refractivity contribution < 1.29 is 0 Å². The van der Waals surface area contributed by atoms with Gasteiger partial charge in [0.15, 0.2) is 5.96 Å². The van der Waals surface area contributed by atoms with E-state index in [-0.39, 0.29) is 0 Å². The number of piperidine rings is 1. The molecular formula is C23H33N7. The van der Waals surface area contributed by atoms with Crippen molar-refractivity contribution >= 4 is 11.9 Å². The van der Waals surface area contributed by atoms with E-state index >= 15 is 0 Å². The third-order valence-electron chi connectivity index (χ3n) is 6.02. The molecule has 0 unspecified atom stereocenters. The Balaban J connectivity index is 1.32. The lowest BCUT2D eigenvalue weighted by Gasteiger charge is -2.36. The zero-order chi connectivity index (χ0) is 20.6. The molecule has 30 heavy (non-hydrogen) atoms. The number of piperazine rings is 1. The minimum Gasteiger partial charge on any atom is -0.352 e. The molecule has 7 nitrogen and oxygen atoms in total. The fourth-order valence-electron chi connectivity index (χ4n) is 4.32. The molecule has 0 spiro atoms. The van der Waals surface area contributed by atoms with Crippen LogP contribution in [0.15, 0.2) is 47.7 Å². The van der Waals surface area contributed by atoms with Gasteiger partial charge in [0.05, 0.1) is 0 Å². The van der Waals surface area contributed by atoms with E-state index in [9.17, 15) is 0 Å².